The van der Waals surface area contributed by atoms with E-state index in [1.807, 2.05) is 13.0 Å². The molecule has 2 aliphatic rings. The fourth-order valence-corrected chi connectivity index (χ4v) is 4.82. The molecule has 2 atom stereocenters. The minimum absolute atomic E-state index is 0.109. The molecule has 0 saturated carbocycles. The summed E-state index contributed by atoms with van der Waals surface area (Å²) in [6.07, 6.45) is 3.18. The first kappa shape index (κ1) is 23.1. The summed E-state index contributed by atoms with van der Waals surface area (Å²) in [6, 6.07) is 6.94. The van der Waals surface area contributed by atoms with E-state index in [4.69, 9.17) is 4.74 Å². The highest BCUT2D eigenvalue weighted by molar-refractivity contribution is 5.94. The Bertz CT molecular complexity index is 1250. The van der Waals surface area contributed by atoms with Gasteiger partial charge in [-0.15, -0.1) is 5.10 Å². The number of rotatable bonds is 7. The minimum Gasteiger partial charge on any atom is -0.457 e. The van der Waals surface area contributed by atoms with Crippen LogP contribution < -0.4 is 5.32 Å². The molecule has 1 saturated heterocycles. The van der Waals surface area contributed by atoms with E-state index >= 15 is 0 Å². The summed E-state index contributed by atoms with van der Waals surface area (Å²) in [7, 11) is 0. The van der Waals surface area contributed by atoms with Crippen molar-refractivity contribution in [1.29, 1.82) is 0 Å². The van der Waals surface area contributed by atoms with Gasteiger partial charge in [0.25, 0.3) is 5.91 Å². The molecule has 4 heterocycles. The topological polar surface area (TPSA) is 135 Å². The summed E-state index contributed by atoms with van der Waals surface area (Å²) in [5, 5.41) is 24.9. The second kappa shape index (κ2) is 9.16. The Morgan fingerprint density at radius 3 is 2.91 bits per heavy atom. The van der Waals surface area contributed by atoms with E-state index in [1.165, 1.54) is 17.2 Å². The summed E-state index contributed by atoms with van der Waals surface area (Å²) in [5.41, 5.74) is 3.54. The molecule has 11 heteroatoms. The Hall–Kier alpha value is -3.70. The molecular weight excluding hydrogens is 450 g/mol. The standard InChI is InChI=1S/C24H27N7O4/c1-15-17(4-5-18-19(15)11-35-23(18)34)20(32)10-30-8-7-24(2,13-30)12-26-22(33)16-3-6-21(25-9-16)31-14-27-28-29-31/h3-6,9,14,20,32H,7-8,10-13H2,1-2H3,(H,26,33)/t20-,24+/m0/s1. The number of nitrogens with one attached hydrogen (secondary N) is 1. The number of benzene rings is 1. The number of amides is 1. The molecule has 3 aromatic rings. The van der Waals surface area contributed by atoms with Gasteiger partial charge < -0.3 is 15.2 Å². The zero-order valence-electron chi connectivity index (χ0n) is 19.6. The summed E-state index contributed by atoms with van der Waals surface area (Å²) < 4.78 is 6.54. The van der Waals surface area contributed by atoms with Gasteiger partial charge in [-0.2, -0.15) is 4.68 Å². The van der Waals surface area contributed by atoms with Crippen LogP contribution in [0.4, 0.5) is 0 Å². The number of fused-ring (bicyclic) bond motifs is 1. The number of carbonyl (C=O) groups excluding carboxylic acids is 2. The predicted molar refractivity (Wildman–Crippen MR) is 124 cm³/mol. The van der Waals surface area contributed by atoms with Crippen LogP contribution in [0, 0.1) is 12.3 Å². The van der Waals surface area contributed by atoms with Crippen LogP contribution >= 0.6 is 0 Å². The number of aliphatic hydroxyl groups excluding tert-OH is 1. The number of nitrogens with zero attached hydrogens (tertiary/aromatic N) is 6. The highest BCUT2D eigenvalue weighted by Gasteiger charge is 2.35. The molecule has 1 aromatic carbocycles. The van der Waals surface area contributed by atoms with Crippen molar-refractivity contribution >= 4 is 11.9 Å². The van der Waals surface area contributed by atoms with Crippen LogP contribution in [0.3, 0.4) is 0 Å². The quantitative estimate of drug-likeness (QED) is 0.481. The van der Waals surface area contributed by atoms with Crippen molar-refractivity contribution in [2.45, 2.75) is 33.0 Å². The van der Waals surface area contributed by atoms with Gasteiger partial charge in [0, 0.05) is 31.4 Å². The van der Waals surface area contributed by atoms with E-state index in [1.54, 1.807) is 18.2 Å². The fourth-order valence-electron chi connectivity index (χ4n) is 4.82. The van der Waals surface area contributed by atoms with Crippen LogP contribution in [-0.2, 0) is 11.3 Å². The van der Waals surface area contributed by atoms with E-state index in [0.717, 1.165) is 36.2 Å². The first-order chi connectivity index (χ1) is 16.8. The molecule has 2 N–H and O–H groups in total. The average molecular weight is 478 g/mol. The minimum atomic E-state index is -0.669. The summed E-state index contributed by atoms with van der Waals surface area (Å²) in [6.45, 7) is 6.92. The van der Waals surface area contributed by atoms with Gasteiger partial charge in [0.15, 0.2) is 5.82 Å². The zero-order valence-corrected chi connectivity index (χ0v) is 19.6. The zero-order chi connectivity index (χ0) is 24.6. The number of aliphatic hydroxyl groups is 1. The Balaban J connectivity index is 1.15. The third-order valence-corrected chi connectivity index (χ3v) is 6.90. The maximum atomic E-state index is 12.7. The third-order valence-electron chi connectivity index (χ3n) is 6.90. The lowest BCUT2D eigenvalue weighted by atomic mass is 9.89. The molecule has 2 aliphatic heterocycles. The van der Waals surface area contributed by atoms with Crippen molar-refractivity contribution in [2.24, 2.45) is 5.41 Å². The van der Waals surface area contributed by atoms with Crippen molar-refractivity contribution in [1.82, 2.24) is 35.4 Å². The lowest BCUT2D eigenvalue weighted by Crippen LogP contribution is -2.38. The molecule has 0 spiro atoms. The fraction of sp³-hybridized carbons (Fsp3) is 0.417. The molecule has 1 amide bonds. The number of cyclic esters (lactones) is 1. The van der Waals surface area contributed by atoms with Crippen LogP contribution in [0.15, 0.2) is 36.8 Å². The Morgan fingerprint density at radius 1 is 1.31 bits per heavy atom. The smallest absolute Gasteiger partial charge is 0.338 e. The molecule has 0 aliphatic carbocycles. The monoisotopic (exact) mass is 477 g/mol. The second-order valence-corrected chi connectivity index (χ2v) is 9.54. The van der Waals surface area contributed by atoms with Crippen LogP contribution in [0.25, 0.3) is 5.82 Å². The number of hydrogen-bond donors (Lipinski definition) is 2. The van der Waals surface area contributed by atoms with Gasteiger partial charge in [-0.1, -0.05) is 13.0 Å². The molecule has 0 bridgehead atoms. The van der Waals surface area contributed by atoms with Gasteiger partial charge in [0.05, 0.1) is 17.2 Å². The van der Waals surface area contributed by atoms with Gasteiger partial charge in [0.2, 0.25) is 0 Å². The molecule has 35 heavy (non-hydrogen) atoms. The van der Waals surface area contributed by atoms with Crippen molar-refractivity contribution < 1.29 is 19.4 Å². The molecular formula is C24H27N7O4. The molecule has 11 nitrogen and oxygen atoms in total. The lowest BCUT2D eigenvalue weighted by molar-refractivity contribution is 0.0534. The first-order valence-electron chi connectivity index (χ1n) is 11.5. The Morgan fingerprint density at radius 2 is 2.17 bits per heavy atom. The number of likely N-dealkylation sites (tertiary alicyclic amines) is 1. The van der Waals surface area contributed by atoms with Crippen LogP contribution in [0.2, 0.25) is 0 Å². The lowest BCUT2D eigenvalue weighted by Gasteiger charge is -2.26. The summed E-state index contributed by atoms with van der Waals surface area (Å²) in [5.74, 6) is 0.0352. The summed E-state index contributed by atoms with van der Waals surface area (Å²) in [4.78, 5) is 30.9. The van der Waals surface area contributed by atoms with E-state index in [2.05, 4.69) is 37.6 Å². The molecule has 2 aromatic heterocycles. The van der Waals surface area contributed by atoms with E-state index in [9.17, 15) is 14.7 Å². The van der Waals surface area contributed by atoms with Gasteiger partial charge in [-0.3, -0.25) is 9.69 Å². The first-order valence-corrected chi connectivity index (χ1v) is 11.5. The van der Waals surface area contributed by atoms with Crippen LogP contribution in [0.1, 0.15) is 56.9 Å². The number of aromatic nitrogens is 5. The van der Waals surface area contributed by atoms with Gasteiger partial charge in [0.1, 0.15) is 12.9 Å². The number of β-amino-alcohol motifs (C(OH)–C–C–N with tert-alkyl or cyclic N) is 1. The van der Waals surface area contributed by atoms with E-state index in [-0.39, 0.29) is 23.9 Å². The number of hydrogen-bond acceptors (Lipinski definition) is 9. The summed E-state index contributed by atoms with van der Waals surface area (Å²) >= 11 is 0. The third kappa shape index (κ3) is 4.64. The van der Waals surface area contributed by atoms with Crippen LogP contribution in [0.5, 0.6) is 0 Å². The largest absolute Gasteiger partial charge is 0.457 e. The Kier molecular flexibility index (Phi) is 6.03. The molecule has 1 fully saturated rings. The van der Waals surface area contributed by atoms with Crippen molar-refractivity contribution in [3.05, 3.63) is 64.6 Å². The number of esters is 1. The maximum Gasteiger partial charge on any atom is 0.338 e. The van der Waals surface area contributed by atoms with Crippen molar-refractivity contribution in [2.75, 3.05) is 26.2 Å². The molecule has 5 rings (SSSR count). The predicted octanol–water partition coefficient (Wildman–Crippen LogP) is 1.21. The molecule has 182 valence electrons. The number of carbonyl (C=O) groups is 2. The number of pyridine rings is 1. The maximum absolute atomic E-state index is 12.7. The number of ether oxygens (including phenoxy) is 1. The Labute approximate surface area is 202 Å². The van der Waals surface area contributed by atoms with Gasteiger partial charge in [-0.05, 0) is 65.1 Å². The van der Waals surface area contributed by atoms with E-state index < -0.39 is 6.10 Å². The number of tetrazole rings is 1. The van der Waals surface area contributed by atoms with Gasteiger partial charge in [-0.25, -0.2) is 9.78 Å². The van der Waals surface area contributed by atoms with Crippen molar-refractivity contribution in [3.63, 3.8) is 0 Å². The van der Waals surface area contributed by atoms with Gasteiger partial charge >= 0.3 is 5.97 Å². The average Bonchev–Trinajstić information content (AvgIpc) is 3.60. The normalized spacial score (nSPS) is 20.5. The highest BCUT2D eigenvalue weighted by atomic mass is 16.5. The highest BCUT2D eigenvalue weighted by Crippen LogP contribution is 2.33. The van der Waals surface area contributed by atoms with Crippen LogP contribution in [-0.4, -0.2) is 73.3 Å². The van der Waals surface area contributed by atoms with E-state index in [0.29, 0.717) is 30.0 Å². The molecule has 0 radical (unpaired) electrons. The SMILES string of the molecule is Cc1c([C@@H](O)CN2CC[C@](C)(CNC(=O)c3ccc(-n4cnnn4)nc3)C2)ccc2c1COC2=O. The second-order valence-electron chi connectivity index (χ2n) is 9.54. The van der Waals surface area contributed by atoms with Crippen molar-refractivity contribution in [3.8, 4) is 5.82 Å². The molecule has 0 unspecified atom stereocenters.